The third-order valence-electron chi connectivity index (χ3n) is 4.31. The standard InChI is InChI=1S/2C10H18O5/c2*11-8(10(14)15)6-4-2-1-3-5-7-9(12)13/h2*8,11H,1-7H2,(H,12,13)(H,14,15). The minimum Gasteiger partial charge on any atom is -0.481 e. The lowest BCUT2D eigenvalue weighted by Crippen LogP contribution is -2.18. The van der Waals surface area contributed by atoms with E-state index < -0.39 is 36.1 Å². The first-order valence-electron chi connectivity index (χ1n) is 10.3. The third-order valence-corrected chi connectivity index (χ3v) is 4.31. The number of unbranched alkanes of at least 4 members (excludes halogenated alkanes) is 8. The Hall–Kier alpha value is -2.20. The summed E-state index contributed by atoms with van der Waals surface area (Å²) in [4.78, 5) is 40.8. The first-order chi connectivity index (χ1) is 14.1. The van der Waals surface area contributed by atoms with Gasteiger partial charge in [0.25, 0.3) is 0 Å². The highest BCUT2D eigenvalue weighted by Gasteiger charge is 2.12. The quantitative estimate of drug-likeness (QED) is 0.174. The second kappa shape index (κ2) is 20.1. The number of aliphatic hydroxyl groups excluding tert-OH is 2. The van der Waals surface area contributed by atoms with Crippen LogP contribution in [0.2, 0.25) is 0 Å². The van der Waals surface area contributed by atoms with Crippen molar-refractivity contribution >= 4 is 23.9 Å². The van der Waals surface area contributed by atoms with Gasteiger partial charge in [-0.15, -0.1) is 0 Å². The van der Waals surface area contributed by atoms with Crippen molar-refractivity contribution in [2.24, 2.45) is 0 Å². The molecule has 0 aliphatic rings. The van der Waals surface area contributed by atoms with Crippen LogP contribution in [0.5, 0.6) is 0 Å². The number of hydrogen-bond donors (Lipinski definition) is 6. The van der Waals surface area contributed by atoms with Crippen LogP contribution in [-0.2, 0) is 19.2 Å². The van der Waals surface area contributed by atoms with E-state index in [0.717, 1.165) is 38.5 Å². The third kappa shape index (κ3) is 23.8. The molecular formula is C20H36O10. The van der Waals surface area contributed by atoms with Crippen molar-refractivity contribution in [2.75, 3.05) is 0 Å². The molecule has 6 N–H and O–H groups in total. The van der Waals surface area contributed by atoms with E-state index in [-0.39, 0.29) is 25.7 Å². The molecule has 0 bridgehead atoms. The van der Waals surface area contributed by atoms with E-state index in [9.17, 15) is 19.2 Å². The molecule has 10 nitrogen and oxygen atoms in total. The average Bonchev–Trinajstić information content (AvgIpc) is 2.65. The minimum absolute atomic E-state index is 0.192. The molecule has 0 radical (unpaired) electrons. The highest BCUT2D eigenvalue weighted by atomic mass is 16.4. The number of aliphatic carboxylic acids is 4. The molecule has 0 saturated carbocycles. The van der Waals surface area contributed by atoms with Crippen molar-refractivity contribution in [2.45, 2.75) is 102 Å². The molecule has 2 unspecified atom stereocenters. The van der Waals surface area contributed by atoms with Crippen LogP contribution in [0.25, 0.3) is 0 Å². The zero-order valence-electron chi connectivity index (χ0n) is 17.4. The molecule has 0 aromatic rings. The van der Waals surface area contributed by atoms with Crippen LogP contribution in [0.3, 0.4) is 0 Å². The van der Waals surface area contributed by atoms with Crippen LogP contribution in [0.1, 0.15) is 89.9 Å². The molecule has 0 heterocycles. The van der Waals surface area contributed by atoms with Crippen molar-refractivity contribution in [1.82, 2.24) is 0 Å². The zero-order valence-corrected chi connectivity index (χ0v) is 17.4. The van der Waals surface area contributed by atoms with E-state index in [1.807, 2.05) is 0 Å². The van der Waals surface area contributed by atoms with Gasteiger partial charge in [0.2, 0.25) is 0 Å². The maximum atomic E-state index is 10.2. The molecule has 176 valence electrons. The molecule has 0 spiro atoms. The normalized spacial score (nSPS) is 12.3. The van der Waals surface area contributed by atoms with E-state index in [2.05, 4.69) is 0 Å². The lowest BCUT2D eigenvalue weighted by molar-refractivity contribution is -0.147. The fourth-order valence-electron chi connectivity index (χ4n) is 2.54. The minimum atomic E-state index is -1.26. The summed E-state index contributed by atoms with van der Waals surface area (Å²) in [5.74, 6) is -3.92. The second-order valence-electron chi connectivity index (χ2n) is 7.11. The summed E-state index contributed by atoms with van der Waals surface area (Å²) in [5.41, 5.74) is 0. The van der Waals surface area contributed by atoms with Gasteiger partial charge in [-0.2, -0.15) is 0 Å². The van der Waals surface area contributed by atoms with Crippen LogP contribution in [-0.4, -0.2) is 66.7 Å². The summed E-state index contributed by atoms with van der Waals surface area (Å²) in [6.45, 7) is 0. The highest BCUT2D eigenvalue weighted by Crippen LogP contribution is 2.09. The van der Waals surface area contributed by atoms with Crippen LogP contribution in [0, 0.1) is 0 Å². The molecule has 30 heavy (non-hydrogen) atoms. The Morgan fingerprint density at radius 2 is 0.733 bits per heavy atom. The topological polar surface area (TPSA) is 190 Å². The second-order valence-corrected chi connectivity index (χ2v) is 7.11. The maximum absolute atomic E-state index is 10.2. The Balaban J connectivity index is 0. The fourth-order valence-corrected chi connectivity index (χ4v) is 2.54. The molecule has 0 amide bonds. The van der Waals surface area contributed by atoms with Crippen LogP contribution < -0.4 is 0 Å². The number of carbonyl (C=O) groups is 4. The van der Waals surface area contributed by atoms with Gasteiger partial charge in [-0.25, -0.2) is 9.59 Å². The predicted molar refractivity (Wildman–Crippen MR) is 107 cm³/mol. The zero-order chi connectivity index (χ0) is 23.4. The van der Waals surface area contributed by atoms with Crippen molar-refractivity contribution in [1.29, 1.82) is 0 Å². The molecule has 10 heteroatoms. The first kappa shape index (κ1) is 30.0. The van der Waals surface area contributed by atoms with Gasteiger partial charge in [-0.05, 0) is 25.7 Å². The molecule has 0 rings (SSSR count). The van der Waals surface area contributed by atoms with Gasteiger partial charge in [0, 0.05) is 12.8 Å². The number of carboxylic acids is 4. The number of hydrogen-bond acceptors (Lipinski definition) is 6. The predicted octanol–water partition coefficient (Wildman–Crippen LogP) is 2.49. The summed E-state index contributed by atoms with van der Waals surface area (Å²) in [6, 6.07) is 0. The van der Waals surface area contributed by atoms with Crippen LogP contribution in [0.4, 0.5) is 0 Å². The Bertz CT molecular complexity index is 448. The summed E-state index contributed by atoms with van der Waals surface area (Å²) < 4.78 is 0. The number of carboxylic acid groups (broad SMARTS) is 4. The van der Waals surface area contributed by atoms with Crippen molar-refractivity contribution in [3.05, 3.63) is 0 Å². The van der Waals surface area contributed by atoms with E-state index in [1.165, 1.54) is 0 Å². The van der Waals surface area contributed by atoms with Gasteiger partial charge in [-0.1, -0.05) is 51.4 Å². The van der Waals surface area contributed by atoms with Gasteiger partial charge in [0.05, 0.1) is 0 Å². The number of rotatable bonds is 18. The maximum Gasteiger partial charge on any atom is 0.332 e. The summed E-state index contributed by atoms with van der Waals surface area (Å²) in [5, 5.41) is 51.3. The van der Waals surface area contributed by atoms with E-state index in [4.69, 9.17) is 30.6 Å². The summed E-state index contributed by atoms with van der Waals surface area (Å²) >= 11 is 0. The Kier molecular flexibility index (Phi) is 20.1. The van der Waals surface area contributed by atoms with E-state index >= 15 is 0 Å². The van der Waals surface area contributed by atoms with E-state index in [0.29, 0.717) is 25.7 Å². The van der Waals surface area contributed by atoms with E-state index in [1.54, 1.807) is 0 Å². The van der Waals surface area contributed by atoms with Gasteiger partial charge in [0.15, 0.2) is 12.2 Å². The molecule has 0 aromatic heterocycles. The molecule has 0 aliphatic carbocycles. The Labute approximate surface area is 176 Å². The van der Waals surface area contributed by atoms with Crippen molar-refractivity contribution < 1.29 is 49.8 Å². The lowest BCUT2D eigenvalue weighted by Gasteiger charge is -2.04. The van der Waals surface area contributed by atoms with Gasteiger partial charge in [0.1, 0.15) is 0 Å². The lowest BCUT2D eigenvalue weighted by atomic mass is 10.1. The highest BCUT2D eigenvalue weighted by molar-refractivity contribution is 5.72. The molecule has 0 aromatic carbocycles. The van der Waals surface area contributed by atoms with Crippen LogP contribution >= 0.6 is 0 Å². The summed E-state index contributed by atoms with van der Waals surface area (Å²) in [6.07, 6.45) is 6.21. The molecule has 0 aliphatic heterocycles. The van der Waals surface area contributed by atoms with Crippen molar-refractivity contribution in [3.8, 4) is 0 Å². The monoisotopic (exact) mass is 436 g/mol. The summed E-state index contributed by atoms with van der Waals surface area (Å²) in [7, 11) is 0. The molecule has 0 fully saturated rings. The fraction of sp³-hybridized carbons (Fsp3) is 0.800. The molecular weight excluding hydrogens is 400 g/mol. The Morgan fingerprint density at radius 1 is 0.467 bits per heavy atom. The first-order valence-corrected chi connectivity index (χ1v) is 10.3. The number of aliphatic hydroxyl groups is 2. The Morgan fingerprint density at radius 3 is 1.00 bits per heavy atom. The van der Waals surface area contributed by atoms with Crippen LogP contribution in [0.15, 0.2) is 0 Å². The SMILES string of the molecule is O=C(O)CCCCCCCC(O)C(=O)O.O=C(O)CCCCCCCC(O)C(=O)O. The smallest absolute Gasteiger partial charge is 0.332 e. The van der Waals surface area contributed by atoms with Gasteiger partial charge in [-0.3, -0.25) is 9.59 Å². The molecule has 0 saturated heterocycles. The molecule has 2 atom stereocenters. The van der Waals surface area contributed by atoms with Crippen molar-refractivity contribution in [3.63, 3.8) is 0 Å². The van der Waals surface area contributed by atoms with Gasteiger partial charge < -0.3 is 30.6 Å². The average molecular weight is 436 g/mol. The largest absolute Gasteiger partial charge is 0.481 e. The van der Waals surface area contributed by atoms with Gasteiger partial charge >= 0.3 is 23.9 Å².